The summed E-state index contributed by atoms with van der Waals surface area (Å²) in [6, 6.07) is 13.9. The second kappa shape index (κ2) is 6.85. The summed E-state index contributed by atoms with van der Waals surface area (Å²) >= 11 is 0. The summed E-state index contributed by atoms with van der Waals surface area (Å²) < 4.78 is 26.3. The van der Waals surface area contributed by atoms with E-state index in [0.29, 0.717) is 5.46 Å². The van der Waals surface area contributed by atoms with Crippen LogP contribution in [-0.4, -0.2) is 24.2 Å². The van der Waals surface area contributed by atoms with E-state index in [2.05, 4.69) is 5.32 Å². The van der Waals surface area contributed by atoms with Gasteiger partial charge in [-0.25, -0.2) is 4.39 Å². The monoisotopic (exact) mass is 355 g/mol. The van der Waals surface area contributed by atoms with Crippen molar-refractivity contribution in [2.45, 2.75) is 45.3 Å². The third-order valence-corrected chi connectivity index (χ3v) is 5.00. The Morgan fingerprint density at radius 3 is 2.23 bits per heavy atom. The van der Waals surface area contributed by atoms with Crippen molar-refractivity contribution >= 4 is 24.2 Å². The maximum atomic E-state index is 14.5. The summed E-state index contributed by atoms with van der Waals surface area (Å²) in [4.78, 5) is 12.1. The number of hydrogen-bond acceptors (Lipinski definition) is 3. The molecule has 0 saturated carbocycles. The van der Waals surface area contributed by atoms with E-state index in [0.717, 1.165) is 5.56 Å². The quantitative estimate of drug-likeness (QED) is 0.856. The second-order valence-corrected chi connectivity index (χ2v) is 7.54. The lowest BCUT2D eigenvalue weighted by Crippen LogP contribution is -2.41. The number of carbonyl (C=O) groups excluding carboxylic acids is 1. The van der Waals surface area contributed by atoms with E-state index in [4.69, 9.17) is 9.31 Å². The minimum absolute atomic E-state index is 0.145. The Balaban J connectivity index is 1.69. The molecule has 6 heteroatoms. The van der Waals surface area contributed by atoms with Crippen LogP contribution in [0.25, 0.3) is 0 Å². The van der Waals surface area contributed by atoms with Gasteiger partial charge in [0.2, 0.25) is 5.91 Å². The van der Waals surface area contributed by atoms with Crippen LogP contribution in [0.5, 0.6) is 0 Å². The maximum Gasteiger partial charge on any atom is 0.494 e. The largest absolute Gasteiger partial charge is 0.494 e. The molecule has 1 amide bonds. The molecule has 0 aromatic heterocycles. The Morgan fingerprint density at radius 2 is 1.65 bits per heavy atom. The lowest BCUT2D eigenvalue weighted by Gasteiger charge is -2.32. The van der Waals surface area contributed by atoms with Crippen LogP contribution in [-0.2, 0) is 20.5 Å². The Hall–Kier alpha value is -2.18. The molecule has 1 saturated heterocycles. The molecule has 0 radical (unpaired) electrons. The zero-order chi connectivity index (χ0) is 18.9. The van der Waals surface area contributed by atoms with E-state index in [1.807, 2.05) is 58.0 Å². The fourth-order valence-electron chi connectivity index (χ4n) is 2.73. The molecule has 0 bridgehead atoms. The average molecular weight is 355 g/mol. The molecule has 0 atom stereocenters. The smallest absolute Gasteiger partial charge is 0.399 e. The summed E-state index contributed by atoms with van der Waals surface area (Å²) in [5.41, 5.74) is 0.626. The van der Waals surface area contributed by atoms with Crippen LogP contribution < -0.4 is 10.8 Å². The predicted octanol–water partition coefficient (Wildman–Crippen LogP) is 3.31. The molecule has 2 aromatic carbocycles. The second-order valence-electron chi connectivity index (χ2n) is 7.54. The summed E-state index contributed by atoms with van der Waals surface area (Å²) in [5.74, 6) is -0.780. The third-order valence-electron chi connectivity index (χ3n) is 5.00. The van der Waals surface area contributed by atoms with Gasteiger partial charge in [0.25, 0.3) is 0 Å². The first-order chi connectivity index (χ1) is 12.2. The van der Waals surface area contributed by atoms with Crippen molar-refractivity contribution in [2.75, 3.05) is 5.32 Å². The molecule has 0 spiro atoms. The molecule has 1 fully saturated rings. The van der Waals surface area contributed by atoms with Crippen molar-refractivity contribution < 1.29 is 18.5 Å². The molecular formula is C20H23BFNO3. The standard InChI is InChI=1S/C20H23BFNO3/c1-19(2)20(3,4)26-21(25-19)15-10-11-17(16(22)13-15)23-18(24)12-14-8-6-5-7-9-14/h5-11,13H,12H2,1-4H3,(H,23,24). The van der Waals surface area contributed by atoms with Crippen LogP contribution >= 0.6 is 0 Å². The molecule has 1 heterocycles. The number of carbonyl (C=O) groups is 1. The van der Waals surface area contributed by atoms with Crippen LogP contribution in [0.15, 0.2) is 48.5 Å². The maximum absolute atomic E-state index is 14.5. The molecule has 4 nitrogen and oxygen atoms in total. The zero-order valence-electron chi connectivity index (χ0n) is 15.5. The van der Waals surface area contributed by atoms with Gasteiger partial charge < -0.3 is 14.6 Å². The summed E-state index contributed by atoms with van der Waals surface area (Å²) in [7, 11) is -0.636. The van der Waals surface area contributed by atoms with Crippen LogP contribution in [0.1, 0.15) is 33.3 Å². The molecule has 0 unspecified atom stereocenters. The van der Waals surface area contributed by atoms with Crippen molar-refractivity contribution in [1.29, 1.82) is 0 Å². The van der Waals surface area contributed by atoms with Crippen LogP contribution in [0, 0.1) is 5.82 Å². The van der Waals surface area contributed by atoms with Crippen LogP contribution in [0.2, 0.25) is 0 Å². The fraction of sp³-hybridized carbons (Fsp3) is 0.350. The van der Waals surface area contributed by atoms with Gasteiger partial charge in [-0.2, -0.15) is 0 Å². The van der Waals surface area contributed by atoms with Gasteiger partial charge in [-0.05, 0) is 50.9 Å². The van der Waals surface area contributed by atoms with Crippen molar-refractivity contribution in [3.8, 4) is 0 Å². The fourth-order valence-corrected chi connectivity index (χ4v) is 2.73. The van der Waals surface area contributed by atoms with E-state index < -0.39 is 24.1 Å². The molecule has 2 aromatic rings. The molecule has 1 aliphatic rings. The van der Waals surface area contributed by atoms with E-state index in [1.165, 1.54) is 6.07 Å². The first-order valence-corrected chi connectivity index (χ1v) is 8.67. The summed E-state index contributed by atoms with van der Waals surface area (Å²) in [5, 5.41) is 2.61. The highest BCUT2D eigenvalue weighted by Crippen LogP contribution is 2.36. The highest BCUT2D eigenvalue weighted by Gasteiger charge is 2.51. The van der Waals surface area contributed by atoms with Crippen molar-refractivity contribution in [1.82, 2.24) is 0 Å². The molecular weight excluding hydrogens is 332 g/mol. The van der Waals surface area contributed by atoms with Crippen molar-refractivity contribution in [2.24, 2.45) is 0 Å². The van der Waals surface area contributed by atoms with Gasteiger partial charge in [-0.15, -0.1) is 0 Å². The summed E-state index contributed by atoms with van der Waals surface area (Å²) in [6.45, 7) is 7.78. The van der Waals surface area contributed by atoms with Gasteiger partial charge in [0.1, 0.15) is 5.82 Å². The number of halogens is 1. The van der Waals surface area contributed by atoms with Gasteiger partial charge in [0.15, 0.2) is 0 Å². The van der Waals surface area contributed by atoms with E-state index in [-0.39, 0.29) is 18.0 Å². The van der Waals surface area contributed by atoms with E-state index >= 15 is 0 Å². The first-order valence-electron chi connectivity index (χ1n) is 8.67. The average Bonchev–Trinajstić information content (AvgIpc) is 2.78. The number of rotatable bonds is 4. The SMILES string of the molecule is CC1(C)OB(c2ccc(NC(=O)Cc3ccccc3)c(F)c2)OC1(C)C. The number of amides is 1. The highest BCUT2D eigenvalue weighted by molar-refractivity contribution is 6.62. The normalized spacial score (nSPS) is 18.0. The van der Waals surface area contributed by atoms with Gasteiger partial charge in [-0.3, -0.25) is 4.79 Å². The van der Waals surface area contributed by atoms with E-state index in [1.54, 1.807) is 12.1 Å². The Labute approximate surface area is 153 Å². The Bertz CT molecular complexity index is 792. The molecule has 3 rings (SSSR count). The third kappa shape index (κ3) is 3.81. The minimum atomic E-state index is -0.636. The van der Waals surface area contributed by atoms with E-state index in [9.17, 15) is 9.18 Å². The van der Waals surface area contributed by atoms with Gasteiger partial charge in [-0.1, -0.05) is 36.4 Å². The highest BCUT2D eigenvalue weighted by atomic mass is 19.1. The minimum Gasteiger partial charge on any atom is -0.399 e. The van der Waals surface area contributed by atoms with Gasteiger partial charge in [0, 0.05) is 0 Å². The number of hydrogen-bond donors (Lipinski definition) is 1. The van der Waals surface area contributed by atoms with Crippen LogP contribution in [0.4, 0.5) is 10.1 Å². The Kier molecular flexibility index (Phi) is 4.91. The Morgan fingerprint density at radius 1 is 1.04 bits per heavy atom. The van der Waals surface area contributed by atoms with Crippen molar-refractivity contribution in [3.63, 3.8) is 0 Å². The molecule has 0 aliphatic carbocycles. The van der Waals surface area contributed by atoms with Crippen LogP contribution in [0.3, 0.4) is 0 Å². The molecule has 136 valence electrons. The molecule has 1 N–H and O–H groups in total. The first kappa shape index (κ1) is 18.6. The number of benzene rings is 2. The van der Waals surface area contributed by atoms with Crippen molar-refractivity contribution in [3.05, 3.63) is 59.9 Å². The summed E-state index contributed by atoms with van der Waals surface area (Å²) in [6.07, 6.45) is 0.194. The molecule has 1 aliphatic heterocycles. The predicted molar refractivity (Wildman–Crippen MR) is 101 cm³/mol. The van der Waals surface area contributed by atoms with Gasteiger partial charge in [0.05, 0.1) is 23.3 Å². The lowest BCUT2D eigenvalue weighted by atomic mass is 9.79. The lowest BCUT2D eigenvalue weighted by molar-refractivity contribution is -0.115. The van der Waals surface area contributed by atoms with Gasteiger partial charge >= 0.3 is 7.12 Å². The number of nitrogens with one attached hydrogen (secondary N) is 1. The zero-order valence-corrected chi connectivity index (χ0v) is 15.5. The molecule has 26 heavy (non-hydrogen) atoms. The topological polar surface area (TPSA) is 47.6 Å². The number of anilines is 1.